The number of hydrogen-bond acceptors (Lipinski definition) is 1. The summed E-state index contributed by atoms with van der Waals surface area (Å²) in [7, 11) is 0. The van der Waals surface area contributed by atoms with E-state index in [1.54, 1.807) is 6.20 Å². The van der Waals surface area contributed by atoms with E-state index in [1.165, 1.54) is 16.7 Å². The van der Waals surface area contributed by atoms with E-state index < -0.39 is 0 Å². The smallest absolute Gasteiger partial charge is 0.107 e. The number of aryl methyl sites for hydroxylation is 1. The van der Waals surface area contributed by atoms with Crippen LogP contribution in [0.3, 0.4) is 0 Å². The minimum absolute atomic E-state index is 0.0222. The van der Waals surface area contributed by atoms with Crippen molar-refractivity contribution in [3.05, 3.63) is 53.1 Å². The maximum absolute atomic E-state index is 6.41. The Morgan fingerprint density at radius 2 is 2.19 bits per heavy atom. The maximum atomic E-state index is 6.41. The standard InChI is InChI=1S/C13H15ClN2/c1-9-4-3-5-11(10(9)2)12(14)8-13-15-6-7-16-13/h3-7,12H,8H2,1-2H3,(H,15,16). The zero-order valence-corrected chi connectivity index (χ0v) is 10.3. The molecule has 1 heterocycles. The molecule has 1 atom stereocenters. The molecule has 3 heteroatoms. The minimum atomic E-state index is -0.0222. The second-order valence-corrected chi connectivity index (χ2v) is 4.52. The largest absolute Gasteiger partial charge is 0.349 e. The zero-order chi connectivity index (χ0) is 11.5. The van der Waals surface area contributed by atoms with Crippen molar-refractivity contribution >= 4 is 11.6 Å². The van der Waals surface area contributed by atoms with E-state index in [-0.39, 0.29) is 5.38 Å². The Bertz CT molecular complexity index is 463. The van der Waals surface area contributed by atoms with Crippen LogP contribution in [0.1, 0.15) is 27.9 Å². The summed E-state index contributed by atoms with van der Waals surface area (Å²) in [5.41, 5.74) is 3.75. The van der Waals surface area contributed by atoms with E-state index in [9.17, 15) is 0 Å². The molecule has 1 unspecified atom stereocenters. The molecule has 0 fully saturated rings. The highest BCUT2D eigenvalue weighted by atomic mass is 35.5. The Morgan fingerprint density at radius 1 is 1.38 bits per heavy atom. The molecule has 16 heavy (non-hydrogen) atoms. The Kier molecular flexibility index (Phi) is 3.30. The first-order chi connectivity index (χ1) is 7.68. The molecule has 0 aliphatic carbocycles. The number of nitrogens with zero attached hydrogens (tertiary/aromatic N) is 1. The summed E-state index contributed by atoms with van der Waals surface area (Å²) in [6.45, 7) is 4.22. The lowest BCUT2D eigenvalue weighted by atomic mass is 9.99. The highest BCUT2D eigenvalue weighted by Gasteiger charge is 2.13. The van der Waals surface area contributed by atoms with Crippen LogP contribution in [0.4, 0.5) is 0 Å². The molecule has 2 aromatic rings. The average Bonchev–Trinajstić information content (AvgIpc) is 2.74. The number of imidazole rings is 1. The normalized spacial score (nSPS) is 12.7. The van der Waals surface area contributed by atoms with E-state index in [4.69, 9.17) is 11.6 Å². The molecule has 1 N–H and O–H groups in total. The number of benzene rings is 1. The number of rotatable bonds is 3. The topological polar surface area (TPSA) is 28.7 Å². The fraction of sp³-hybridized carbons (Fsp3) is 0.308. The first-order valence-corrected chi connectivity index (χ1v) is 5.80. The van der Waals surface area contributed by atoms with Gasteiger partial charge in [-0.3, -0.25) is 0 Å². The van der Waals surface area contributed by atoms with Gasteiger partial charge in [0.05, 0.1) is 5.38 Å². The quantitative estimate of drug-likeness (QED) is 0.809. The molecular formula is C13H15ClN2. The van der Waals surface area contributed by atoms with Crippen molar-refractivity contribution in [1.29, 1.82) is 0 Å². The summed E-state index contributed by atoms with van der Waals surface area (Å²) < 4.78 is 0. The molecule has 0 bridgehead atoms. The van der Waals surface area contributed by atoms with Crippen LogP contribution in [0.15, 0.2) is 30.6 Å². The lowest BCUT2D eigenvalue weighted by Gasteiger charge is -2.13. The van der Waals surface area contributed by atoms with Crippen LogP contribution >= 0.6 is 11.6 Å². The zero-order valence-electron chi connectivity index (χ0n) is 9.50. The summed E-state index contributed by atoms with van der Waals surface area (Å²) in [5.74, 6) is 0.931. The fourth-order valence-electron chi connectivity index (χ4n) is 1.80. The van der Waals surface area contributed by atoms with Gasteiger partial charge in [0, 0.05) is 18.8 Å². The van der Waals surface area contributed by atoms with E-state index in [0.717, 1.165) is 12.2 Å². The summed E-state index contributed by atoms with van der Waals surface area (Å²) >= 11 is 6.41. The monoisotopic (exact) mass is 234 g/mol. The Hall–Kier alpha value is -1.28. The summed E-state index contributed by atoms with van der Waals surface area (Å²) in [5, 5.41) is -0.0222. The van der Waals surface area contributed by atoms with Gasteiger partial charge in [0.1, 0.15) is 5.82 Å². The van der Waals surface area contributed by atoms with Crippen molar-refractivity contribution in [3.63, 3.8) is 0 Å². The second kappa shape index (κ2) is 4.71. The lowest BCUT2D eigenvalue weighted by molar-refractivity contribution is 0.847. The maximum Gasteiger partial charge on any atom is 0.107 e. The molecule has 1 aromatic carbocycles. The molecule has 0 amide bonds. The van der Waals surface area contributed by atoms with Crippen LogP contribution in [-0.2, 0) is 6.42 Å². The molecule has 0 aliphatic heterocycles. The third-order valence-electron chi connectivity index (χ3n) is 2.91. The fourth-order valence-corrected chi connectivity index (χ4v) is 2.18. The van der Waals surface area contributed by atoms with Gasteiger partial charge < -0.3 is 4.98 Å². The van der Waals surface area contributed by atoms with Crippen molar-refractivity contribution in [2.24, 2.45) is 0 Å². The number of aromatic nitrogens is 2. The molecule has 84 valence electrons. The number of halogens is 1. The van der Waals surface area contributed by atoms with Gasteiger partial charge in [0.2, 0.25) is 0 Å². The van der Waals surface area contributed by atoms with Crippen LogP contribution in [0.2, 0.25) is 0 Å². The van der Waals surface area contributed by atoms with Crippen LogP contribution in [-0.4, -0.2) is 9.97 Å². The SMILES string of the molecule is Cc1cccc(C(Cl)Cc2ncc[nH]2)c1C. The highest BCUT2D eigenvalue weighted by Crippen LogP contribution is 2.27. The molecule has 0 aliphatic rings. The van der Waals surface area contributed by atoms with E-state index in [1.807, 2.05) is 6.20 Å². The van der Waals surface area contributed by atoms with Gasteiger partial charge in [-0.05, 0) is 30.5 Å². The van der Waals surface area contributed by atoms with E-state index in [0.29, 0.717) is 0 Å². The van der Waals surface area contributed by atoms with Crippen molar-refractivity contribution in [2.75, 3.05) is 0 Å². The molecule has 2 nitrogen and oxygen atoms in total. The molecule has 0 spiro atoms. The molecular weight excluding hydrogens is 220 g/mol. The van der Waals surface area contributed by atoms with Gasteiger partial charge in [0.15, 0.2) is 0 Å². The Labute approximate surface area is 101 Å². The van der Waals surface area contributed by atoms with Gasteiger partial charge in [-0.2, -0.15) is 0 Å². The number of aromatic amines is 1. The number of nitrogens with one attached hydrogen (secondary N) is 1. The molecule has 2 rings (SSSR count). The predicted molar refractivity (Wildman–Crippen MR) is 66.8 cm³/mol. The number of alkyl halides is 1. The summed E-state index contributed by atoms with van der Waals surface area (Å²) in [4.78, 5) is 7.27. The summed E-state index contributed by atoms with van der Waals surface area (Å²) in [6, 6.07) is 6.24. The van der Waals surface area contributed by atoms with Crippen molar-refractivity contribution in [3.8, 4) is 0 Å². The van der Waals surface area contributed by atoms with Crippen molar-refractivity contribution in [1.82, 2.24) is 9.97 Å². The third-order valence-corrected chi connectivity index (χ3v) is 3.30. The van der Waals surface area contributed by atoms with Crippen LogP contribution in [0.25, 0.3) is 0 Å². The predicted octanol–water partition coefficient (Wildman–Crippen LogP) is 3.55. The first kappa shape index (κ1) is 11.2. The van der Waals surface area contributed by atoms with Gasteiger partial charge >= 0.3 is 0 Å². The van der Waals surface area contributed by atoms with Crippen LogP contribution < -0.4 is 0 Å². The average molecular weight is 235 g/mol. The van der Waals surface area contributed by atoms with Crippen LogP contribution in [0, 0.1) is 13.8 Å². The van der Waals surface area contributed by atoms with E-state index in [2.05, 4.69) is 42.0 Å². The Balaban J connectivity index is 2.21. The number of H-pyrrole nitrogens is 1. The van der Waals surface area contributed by atoms with Gasteiger partial charge in [-0.25, -0.2) is 4.98 Å². The third kappa shape index (κ3) is 2.27. The van der Waals surface area contributed by atoms with Crippen molar-refractivity contribution < 1.29 is 0 Å². The van der Waals surface area contributed by atoms with Gasteiger partial charge in [-0.15, -0.1) is 11.6 Å². The summed E-state index contributed by atoms with van der Waals surface area (Å²) in [6.07, 6.45) is 4.31. The molecule has 0 saturated heterocycles. The lowest BCUT2D eigenvalue weighted by Crippen LogP contribution is -2.01. The first-order valence-electron chi connectivity index (χ1n) is 5.37. The van der Waals surface area contributed by atoms with Crippen molar-refractivity contribution in [2.45, 2.75) is 25.6 Å². The number of hydrogen-bond donors (Lipinski definition) is 1. The second-order valence-electron chi connectivity index (χ2n) is 4.00. The van der Waals surface area contributed by atoms with Gasteiger partial charge in [-0.1, -0.05) is 18.2 Å². The highest BCUT2D eigenvalue weighted by molar-refractivity contribution is 6.21. The molecule has 1 aromatic heterocycles. The molecule has 0 radical (unpaired) electrons. The minimum Gasteiger partial charge on any atom is -0.349 e. The van der Waals surface area contributed by atoms with Crippen LogP contribution in [0.5, 0.6) is 0 Å². The van der Waals surface area contributed by atoms with Gasteiger partial charge in [0.25, 0.3) is 0 Å². The molecule has 0 saturated carbocycles. The Morgan fingerprint density at radius 3 is 2.88 bits per heavy atom. The van der Waals surface area contributed by atoms with E-state index >= 15 is 0 Å².